The van der Waals surface area contributed by atoms with Gasteiger partial charge in [-0.3, -0.25) is 4.79 Å². The van der Waals surface area contributed by atoms with Crippen molar-refractivity contribution in [3.05, 3.63) is 65.0 Å². The van der Waals surface area contributed by atoms with Gasteiger partial charge in [0.1, 0.15) is 22.5 Å². The van der Waals surface area contributed by atoms with Gasteiger partial charge in [-0.1, -0.05) is 18.2 Å². The third kappa shape index (κ3) is 1.94. The number of phenols is 1. The highest BCUT2D eigenvalue weighted by Crippen LogP contribution is 2.53. The molecule has 7 nitrogen and oxygen atoms in total. The molecule has 0 aromatic heterocycles. The van der Waals surface area contributed by atoms with Gasteiger partial charge in [0.25, 0.3) is 0 Å². The Bertz CT molecular complexity index is 982. The second-order valence-corrected chi connectivity index (χ2v) is 5.99. The lowest BCUT2D eigenvalue weighted by atomic mass is 9.68. The highest BCUT2D eigenvalue weighted by atomic mass is 16.5. The van der Waals surface area contributed by atoms with E-state index in [9.17, 15) is 14.7 Å². The van der Waals surface area contributed by atoms with E-state index >= 15 is 0 Å². The quantitative estimate of drug-likeness (QED) is 0.710. The van der Waals surface area contributed by atoms with E-state index in [0.29, 0.717) is 16.8 Å². The summed E-state index contributed by atoms with van der Waals surface area (Å²) >= 11 is 0. The van der Waals surface area contributed by atoms with Crippen molar-refractivity contribution in [2.75, 3.05) is 11.9 Å². The number of fused-ring (bicyclic) bond motifs is 4. The molecule has 2 aliphatic heterocycles. The van der Waals surface area contributed by atoms with Crippen LogP contribution in [0, 0.1) is 0 Å². The molecular formula is C19H16N2O5. The fraction of sp³-hybridized carbons (Fsp3) is 0.158. The number of amides is 1. The molecule has 0 radical (unpaired) electrons. The summed E-state index contributed by atoms with van der Waals surface area (Å²) in [5.74, 6) is -1.22. The zero-order valence-corrected chi connectivity index (χ0v) is 13.9. The highest BCUT2D eigenvalue weighted by Gasteiger charge is 2.58. The van der Waals surface area contributed by atoms with Crippen molar-refractivity contribution in [3.63, 3.8) is 0 Å². The molecule has 2 aromatic carbocycles. The highest BCUT2D eigenvalue weighted by molar-refractivity contribution is 6.17. The molecule has 0 aliphatic carbocycles. The van der Waals surface area contributed by atoms with Gasteiger partial charge in [-0.25, -0.2) is 4.79 Å². The number of ether oxygens (including phenoxy) is 2. The zero-order valence-electron chi connectivity index (χ0n) is 13.9. The Hall–Kier alpha value is -3.48. The minimum absolute atomic E-state index is 0.0435. The van der Waals surface area contributed by atoms with Crippen molar-refractivity contribution >= 4 is 17.6 Å². The molecular weight excluding hydrogens is 336 g/mol. The largest absolute Gasteiger partial charge is 0.508 e. The number of benzene rings is 2. The molecule has 4 N–H and O–H groups in total. The average molecular weight is 352 g/mol. The fourth-order valence-corrected chi connectivity index (χ4v) is 3.62. The third-order valence-corrected chi connectivity index (χ3v) is 4.61. The molecule has 0 unspecified atom stereocenters. The predicted molar refractivity (Wildman–Crippen MR) is 92.4 cm³/mol. The van der Waals surface area contributed by atoms with E-state index < -0.39 is 17.3 Å². The van der Waals surface area contributed by atoms with Gasteiger partial charge in [-0.15, -0.1) is 0 Å². The van der Waals surface area contributed by atoms with Crippen molar-refractivity contribution in [1.82, 2.24) is 0 Å². The van der Waals surface area contributed by atoms with Gasteiger partial charge in [0.05, 0.1) is 6.61 Å². The van der Waals surface area contributed by atoms with Crippen LogP contribution in [0.5, 0.6) is 11.5 Å². The molecule has 2 aromatic rings. The van der Waals surface area contributed by atoms with Gasteiger partial charge >= 0.3 is 5.97 Å². The molecule has 0 saturated carbocycles. The number of nitrogens with one attached hydrogen (secondary N) is 1. The third-order valence-electron chi connectivity index (χ3n) is 4.61. The molecule has 26 heavy (non-hydrogen) atoms. The minimum Gasteiger partial charge on any atom is -0.508 e. The number of anilines is 1. The van der Waals surface area contributed by atoms with E-state index in [0.717, 1.165) is 0 Å². The van der Waals surface area contributed by atoms with Gasteiger partial charge in [0.2, 0.25) is 11.8 Å². The van der Waals surface area contributed by atoms with Crippen LogP contribution in [0.1, 0.15) is 18.1 Å². The molecule has 1 atom stereocenters. The summed E-state index contributed by atoms with van der Waals surface area (Å²) < 4.78 is 10.7. The number of phenolic OH excluding ortho intramolecular Hbond substituents is 1. The van der Waals surface area contributed by atoms with Crippen LogP contribution in [-0.2, 0) is 19.7 Å². The number of hydrogen-bond donors (Lipinski definition) is 3. The van der Waals surface area contributed by atoms with Gasteiger partial charge in [-0.2, -0.15) is 0 Å². The summed E-state index contributed by atoms with van der Waals surface area (Å²) in [6.07, 6.45) is 0. The normalized spacial score (nSPS) is 20.3. The Kier molecular flexibility index (Phi) is 3.40. The molecule has 4 rings (SSSR count). The molecule has 0 saturated heterocycles. The molecule has 2 heterocycles. The lowest BCUT2D eigenvalue weighted by molar-refractivity contribution is -0.140. The monoisotopic (exact) mass is 352 g/mol. The molecule has 0 fully saturated rings. The van der Waals surface area contributed by atoms with Crippen LogP contribution in [0.15, 0.2) is 53.9 Å². The molecule has 1 spiro atoms. The van der Waals surface area contributed by atoms with E-state index in [-0.39, 0.29) is 29.6 Å². The molecule has 0 bridgehead atoms. The fourth-order valence-electron chi connectivity index (χ4n) is 3.62. The minimum atomic E-state index is -1.51. The van der Waals surface area contributed by atoms with Gasteiger partial charge in [-0.05, 0) is 25.1 Å². The van der Waals surface area contributed by atoms with Crippen molar-refractivity contribution in [2.45, 2.75) is 12.3 Å². The maximum absolute atomic E-state index is 13.2. The van der Waals surface area contributed by atoms with Gasteiger partial charge in [0, 0.05) is 22.9 Å². The molecule has 7 heteroatoms. The number of nitrogens with two attached hydrogens (primary N) is 1. The van der Waals surface area contributed by atoms with Crippen molar-refractivity contribution in [1.29, 1.82) is 0 Å². The van der Waals surface area contributed by atoms with E-state index in [4.69, 9.17) is 15.2 Å². The topological polar surface area (TPSA) is 111 Å². The Morgan fingerprint density at radius 1 is 1.27 bits per heavy atom. The molecule has 132 valence electrons. The van der Waals surface area contributed by atoms with Crippen molar-refractivity contribution in [3.8, 4) is 11.5 Å². The van der Waals surface area contributed by atoms with Gasteiger partial charge in [0.15, 0.2) is 0 Å². The second kappa shape index (κ2) is 5.52. The number of aromatic hydroxyl groups is 1. The Morgan fingerprint density at radius 3 is 2.81 bits per heavy atom. The van der Waals surface area contributed by atoms with Gasteiger partial charge < -0.3 is 25.6 Å². The first-order valence-corrected chi connectivity index (χ1v) is 8.09. The van der Waals surface area contributed by atoms with Crippen LogP contribution in [0.4, 0.5) is 5.69 Å². The number of para-hydroxylation sites is 1. The average Bonchev–Trinajstić information content (AvgIpc) is 2.88. The standard InChI is InChI=1S/C19H16N2O5/c1-2-25-17(23)15-16(20)26-14-9-10(22)7-8-12(14)19(15)11-5-3-4-6-13(11)21-18(19)24/h3-9,22H,2,20H2,1H3,(H,21,24)/t19-/m1/s1. The first-order chi connectivity index (χ1) is 12.5. The summed E-state index contributed by atoms with van der Waals surface area (Å²) in [7, 11) is 0. The number of rotatable bonds is 2. The maximum Gasteiger partial charge on any atom is 0.341 e. The molecule has 2 aliphatic rings. The zero-order chi connectivity index (χ0) is 18.5. The van der Waals surface area contributed by atoms with Crippen LogP contribution in [-0.4, -0.2) is 23.6 Å². The smallest absolute Gasteiger partial charge is 0.341 e. The lowest BCUT2D eigenvalue weighted by Gasteiger charge is -2.35. The summed E-state index contributed by atoms with van der Waals surface area (Å²) in [5.41, 5.74) is 6.03. The Morgan fingerprint density at radius 2 is 2.04 bits per heavy atom. The summed E-state index contributed by atoms with van der Waals surface area (Å²) in [6, 6.07) is 11.4. The van der Waals surface area contributed by atoms with Crippen LogP contribution in [0.3, 0.4) is 0 Å². The molecule has 1 amide bonds. The van der Waals surface area contributed by atoms with Crippen molar-refractivity contribution in [2.24, 2.45) is 5.73 Å². The summed E-state index contributed by atoms with van der Waals surface area (Å²) in [6.45, 7) is 1.79. The first kappa shape index (κ1) is 16.0. The van der Waals surface area contributed by atoms with Crippen molar-refractivity contribution < 1.29 is 24.2 Å². The first-order valence-electron chi connectivity index (χ1n) is 8.09. The predicted octanol–water partition coefficient (Wildman–Crippen LogP) is 1.76. The van der Waals surface area contributed by atoms with Crippen LogP contribution >= 0.6 is 0 Å². The number of carbonyl (C=O) groups excluding carboxylic acids is 2. The number of hydrogen-bond acceptors (Lipinski definition) is 6. The summed E-state index contributed by atoms with van der Waals surface area (Å²) in [4.78, 5) is 25.9. The van der Waals surface area contributed by atoms with E-state index in [1.165, 1.54) is 12.1 Å². The van der Waals surface area contributed by atoms with E-state index in [1.54, 1.807) is 37.3 Å². The maximum atomic E-state index is 13.2. The Labute approximate surface area is 149 Å². The number of esters is 1. The lowest BCUT2D eigenvalue weighted by Crippen LogP contribution is -2.45. The van der Waals surface area contributed by atoms with Crippen LogP contribution in [0.2, 0.25) is 0 Å². The van der Waals surface area contributed by atoms with Crippen LogP contribution < -0.4 is 15.8 Å². The summed E-state index contributed by atoms with van der Waals surface area (Å²) in [5, 5.41) is 12.6. The Balaban J connectivity index is 2.09. The SMILES string of the molecule is CCOC(=O)C1=C(N)Oc2cc(O)ccc2[C@@]12C(=O)Nc1ccccc12. The van der Waals surface area contributed by atoms with E-state index in [1.807, 2.05) is 0 Å². The number of carbonyl (C=O) groups is 2. The van der Waals surface area contributed by atoms with Crippen LogP contribution in [0.25, 0.3) is 0 Å². The van der Waals surface area contributed by atoms with E-state index in [2.05, 4.69) is 5.32 Å². The second-order valence-electron chi connectivity index (χ2n) is 5.99.